The third-order valence-corrected chi connectivity index (χ3v) is 5.33. The highest BCUT2D eigenvalue weighted by Gasteiger charge is 2.44. The average Bonchev–Trinajstić information content (AvgIpc) is 3.11. The van der Waals surface area contributed by atoms with Crippen LogP contribution in [0.1, 0.15) is 17.8 Å². The van der Waals surface area contributed by atoms with Gasteiger partial charge in [-0.2, -0.15) is 0 Å². The first-order chi connectivity index (χ1) is 13.7. The van der Waals surface area contributed by atoms with Gasteiger partial charge in [0.05, 0.1) is 12.5 Å². The molecule has 0 atom stereocenters. The van der Waals surface area contributed by atoms with Crippen molar-refractivity contribution in [1.82, 2.24) is 25.2 Å². The van der Waals surface area contributed by atoms with Crippen molar-refractivity contribution in [3.05, 3.63) is 60.0 Å². The molecule has 1 fully saturated rings. The van der Waals surface area contributed by atoms with E-state index in [9.17, 15) is 4.79 Å². The Kier molecular flexibility index (Phi) is 5.25. The number of amides is 1. The number of nitrogens with one attached hydrogen (secondary N) is 2. The van der Waals surface area contributed by atoms with Gasteiger partial charge in [0.15, 0.2) is 5.65 Å². The fourth-order valence-corrected chi connectivity index (χ4v) is 3.66. The fourth-order valence-electron chi connectivity index (χ4n) is 3.66. The summed E-state index contributed by atoms with van der Waals surface area (Å²) in [5, 5.41) is 14.8. The number of rotatable bonds is 8. The maximum atomic E-state index is 12.9. The Hall–Kier alpha value is -2.93. The SMILES string of the molecule is COc1cccc(CC2(C(=O)NCCCc3nnc4ccccn34)CNC2)c1. The average molecular weight is 379 g/mol. The minimum Gasteiger partial charge on any atom is -0.497 e. The molecule has 0 saturated carbocycles. The molecule has 0 radical (unpaired) electrons. The molecule has 3 heterocycles. The Morgan fingerprint density at radius 2 is 2.14 bits per heavy atom. The molecule has 1 aliphatic rings. The second kappa shape index (κ2) is 7.98. The van der Waals surface area contributed by atoms with Gasteiger partial charge in [0, 0.05) is 32.3 Å². The van der Waals surface area contributed by atoms with Crippen molar-refractivity contribution >= 4 is 11.6 Å². The van der Waals surface area contributed by atoms with Crippen molar-refractivity contribution in [1.29, 1.82) is 0 Å². The third-order valence-electron chi connectivity index (χ3n) is 5.33. The van der Waals surface area contributed by atoms with Gasteiger partial charge in [-0.1, -0.05) is 18.2 Å². The lowest BCUT2D eigenvalue weighted by Gasteiger charge is -2.41. The van der Waals surface area contributed by atoms with Crippen LogP contribution in [0.5, 0.6) is 5.75 Å². The molecule has 146 valence electrons. The Morgan fingerprint density at radius 3 is 2.93 bits per heavy atom. The molecule has 1 saturated heterocycles. The lowest BCUT2D eigenvalue weighted by atomic mass is 9.75. The molecule has 3 aromatic rings. The molecule has 0 aliphatic carbocycles. The van der Waals surface area contributed by atoms with Crippen molar-refractivity contribution in [3.63, 3.8) is 0 Å². The van der Waals surface area contributed by atoms with Crippen LogP contribution in [0, 0.1) is 5.41 Å². The van der Waals surface area contributed by atoms with Crippen LogP contribution < -0.4 is 15.4 Å². The monoisotopic (exact) mass is 379 g/mol. The van der Waals surface area contributed by atoms with E-state index in [2.05, 4.69) is 20.8 Å². The predicted octanol–water partition coefficient (Wildman–Crippen LogP) is 1.62. The van der Waals surface area contributed by atoms with E-state index in [-0.39, 0.29) is 11.3 Å². The maximum Gasteiger partial charge on any atom is 0.229 e. The van der Waals surface area contributed by atoms with Crippen LogP contribution in [-0.2, 0) is 17.6 Å². The number of methoxy groups -OCH3 is 1. The molecule has 7 nitrogen and oxygen atoms in total. The van der Waals surface area contributed by atoms with Gasteiger partial charge in [0.1, 0.15) is 11.6 Å². The van der Waals surface area contributed by atoms with Crippen LogP contribution in [-0.4, -0.2) is 47.2 Å². The molecule has 1 aliphatic heterocycles. The number of ether oxygens (including phenoxy) is 1. The Bertz CT molecular complexity index is 964. The van der Waals surface area contributed by atoms with E-state index in [1.54, 1.807) is 7.11 Å². The number of carbonyl (C=O) groups is 1. The highest BCUT2D eigenvalue weighted by atomic mass is 16.5. The predicted molar refractivity (Wildman–Crippen MR) is 106 cm³/mol. The summed E-state index contributed by atoms with van der Waals surface area (Å²) in [6.45, 7) is 2.02. The van der Waals surface area contributed by atoms with E-state index in [0.29, 0.717) is 26.1 Å². The molecule has 2 N–H and O–H groups in total. The third kappa shape index (κ3) is 3.71. The number of hydrogen-bond donors (Lipinski definition) is 2. The molecule has 0 unspecified atom stereocenters. The van der Waals surface area contributed by atoms with Gasteiger partial charge in [-0.25, -0.2) is 0 Å². The van der Waals surface area contributed by atoms with Gasteiger partial charge >= 0.3 is 0 Å². The van der Waals surface area contributed by atoms with E-state index in [1.165, 1.54) is 0 Å². The minimum atomic E-state index is -0.381. The summed E-state index contributed by atoms with van der Waals surface area (Å²) in [5.74, 6) is 1.85. The second-order valence-corrected chi connectivity index (χ2v) is 7.32. The molecular formula is C21H25N5O2. The Morgan fingerprint density at radius 1 is 1.25 bits per heavy atom. The molecule has 1 aromatic carbocycles. The minimum absolute atomic E-state index is 0.111. The van der Waals surface area contributed by atoms with Gasteiger partial charge in [0.2, 0.25) is 5.91 Å². The molecule has 0 spiro atoms. The van der Waals surface area contributed by atoms with Crippen LogP contribution >= 0.6 is 0 Å². The zero-order chi connectivity index (χ0) is 19.4. The van der Waals surface area contributed by atoms with Gasteiger partial charge in [-0.15, -0.1) is 10.2 Å². The first kappa shape index (κ1) is 18.4. The highest BCUT2D eigenvalue weighted by molar-refractivity contribution is 5.84. The van der Waals surface area contributed by atoms with Crippen molar-refractivity contribution in [2.24, 2.45) is 5.41 Å². The Labute approximate surface area is 164 Å². The van der Waals surface area contributed by atoms with Crippen LogP contribution in [0.4, 0.5) is 0 Å². The lowest BCUT2D eigenvalue weighted by Crippen LogP contribution is -2.62. The van der Waals surface area contributed by atoms with Gasteiger partial charge in [0.25, 0.3) is 0 Å². The lowest BCUT2D eigenvalue weighted by molar-refractivity contribution is -0.133. The summed E-state index contributed by atoms with van der Waals surface area (Å²) in [6.07, 6.45) is 4.26. The van der Waals surface area contributed by atoms with Gasteiger partial charge < -0.3 is 15.4 Å². The van der Waals surface area contributed by atoms with Gasteiger partial charge in [-0.3, -0.25) is 9.20 Å². The van der Waals surface area contributed by atoms with E-state index < -0.39 is 0 Å². The first-order valence-electron chi connectivity index (χ1n) is 9.61. The van der Waals surface area contributed by atoms with E-state index >= 15 is 0 Å². The molecule has 0 bridgehead atoms. The normalized spacial score (nSPS) is 15.2. The number of benzene rings is 1. The van der Waals surface area contributed by atoms with Crippen LogP contribution in [0.25, 0.3) is 5.65 Å². The smallest absolute Gasteiger partial charge is 0.229 e. The summed E-state index contributed by atoms with van der Waals surface area (Å²) in [4.78, 5) is 12.9. The number of aromatic nitrogens is 3. The first-order valence-corrected chi connectivity index (χ1v) is 9.61. The van der Waals surface area contributed by atoms with E-state index in [1.807, 2.05) is 53.1 Å². The summed E-state index contributed by atoms with van der Waals surface area (Å²) < 4.78 is 7.29. The summed E-state index contributed by atoms with van der Waals surface area (Å²) >= 11 is 0. The van der Waals surface area contributed by atoms with Crippen molar-refractivity contribution in [3.8, 4) is 5.75 Å². The zero-order valence-corrected chi connectivity index (χ0v) is 16.0. The van der Waals surface area contributed by atoms with Crippen LogP contribution in [0.3, 0.4) is 0 Å². The molecule has 1 amide bonds. The topological polar surface area (TPSA) is 80.5 Å². The molecule has 28 heavy (non-hydrogen) atoms. The fraction of sp³-hybridized carbons (Fsp3) is 0.381. The van der Waals surface area contributed by atoms with Crippen molar-refractivity contribution in [2.75, 3.05) is 26.7 Å². The standard InChI is InChI=1S/C21H25N5O2/c1-28-17-7-4-6-16(12-17)13-21(14-22-15-21)20(27)23-10-5-9-19-25-24-18-8-2-3-11-26(18)19/h2-4,6-8,11-12,22H,5,9-10,13-15H2,1H3,(H,23,27). The number of carbonyl (C=O) groups excluding carboxylic acids is 1. The van der Waals surface area contributed by atoms with Crippen LogP contribution in [0.2, 0.25) is 0 Å². The molecule has 4 rings (SSSR count). The van der Waals surface area contributed by atoms with E-state index in [4.69, 9.17) is 4.74 Å². The highest BCUT2D eigenvalue weighted by Crippen LogP contribution is 2.29. The molecular weight excluding hydrogens is 354 g/mol. The number of pyridine rings is 1. The van der Waals surface area contributed by atoms with E-state index in [0.717, 1.165) is 35.6 Å². The van der Waals surface area contributed by atoms with Crippen molar-refractivity contribution in [2.45, 2.75) is 19.3 Å². The summed E-state index contributed by atoms with van der Waals surface area (Å²) in [6, 6.07) is 13.8. The largest absolute Gasteiger partial charge is 0.497 e. The molecule has 7 heteroatoms. The number of aryl methyl sites for hydroxylation is 1. The zero-order valence-electron chi connectivity index (χ0n) is 16.0. The summed E-state index contributed by atoms with van der Waals surface area (Å²) in [5.41, 5.74) is 1.58. The van der Waals surface area contributed by atoms with Gasteiger partial charge in [-0.05, 0) is 42.7 Å². The quantitative estimate of drug-likeness (QED) is 0.582. The van der Waals surface area contributed by atoms with Crippen molar-refractivity contribution < 1.29 is 9.53 Å². The number of hydrogen-bond acceptors (Lipinski definition) is 5. The van der Waals surface area contributed by atoms with Crippen LogP contribution in [0.15, 0.2) is 48.7 Å². The molecule has 2 aromatic heterocycles. The second-order valence-electron chi connectivity index (χ2n) is 7.32. The Balaban J connectivity index is 1.32. The summed E-state index contributed by atoms with van der Waals surface area (Å²) in [7, 11) is 1.66. The maximum absolute atomic E-state index is 12.9. The number of fused-ring (bicyclic) bond motifs is 1. The number of nitrogens with zero attached hydrogens (tertiary/aromatic N) is 3.